The second-order valence-electron chi connectivity index (χ2n) is 0.238. The van der Waals surface area contributed by atoms with Crippen LogP contribution in [-0.2, 0) is 31.6 Å². The average Bonchev–Trinajstić information content (AvgIpc) is 0.811. The Labute approximate surface area is 51.7 Å². The highest BCUT2D eigenvalue weighted by atomic mass is 32.1. The van der Waals surface area contributed by atoms with Crippen LogP contribution in [0.25, 0.3) is 0 Å². The van der Waals surface area contributed by atoms with E-state index in [0.717, 1.165) is 0 Å². The Kier molecular flexibility index (Phi) is 24.4. The Bertz CT molecular complexity index is 35.9. The molecule has 1 unspecified atom stereocenters. The fraction of sp³-hybridized carbons (Fsp3) is 0. The van der Waals surface area contributed by atoms with E-state index in [9.17, 15) is 0 Å². The molecule has 0 bridgehead atoms. The van der Waals surface area contributed by atoms with Crippen molar-refractivity contribution in [3.05, 3.63) is 0 Å². The minimum Gasteiger partial charge on any atom is -2.00 e. The van der Waals surface area contributed by atoms with E-state index in [1.807, 2.05) is 0 Å². The number of hydrogen-bond donors (Lipinski definition) is 1. The van der Waals surface area contributed by atoms with Gasteiger partial charge >= 0.3 is 9.68 Å². The predicted octanol–water partition coefficient (Wildman–Crippen LogP) is -0.896. The van der Waals surface area contributed by atoms with Crippen LogP contribution in [0.3, 0.4) is 0 Å². The van der Waals surface area contributed by atoms with E-state index in [-0.39, 0.29) is 28.4 Å². The Morgan fingerprint density at radius 3 is 1.67 bits per heavy atom. The Balaban J connectivity index is -0.0000000150. The molecule has 6 heavy (non-hydrogen) atoms. The van der Waals surface area contributed by atoms with Crippen LogP contribution in [0.15, 0.2) is 0 Å². The van der Waals surface area contributed by atoms with Crippen LogP contribution in [0.1, 0.15) is 1.43 Å². The summed E-state index contributed by atoms with van der Waals surface area (Å²) in [6.45, 7) is 0. The largest absolute Gasteiger partial charge is 2.00 e. The normalized spacial score (nSPS) is 7.33. The van der Waals surface area contributed by atoms with Gasteiger partial charge in [0, 0.05) is 0 Å². The maximum absolute atomic E-state index is 8.59. The first-order chi connectivity index (χ1) is 1.73. The monoisotopic (exact) mass is 145 g/mol. The smallest absolute Gasteiger partial charge is 1.00 e. The van der Waals surface area contributed by atoms with Gasteiger partial charge in [0.1, 0.15) is 0 Å². The van der Waals surface area contributed by atoms with Gasteiger partial charge in [0.15, 0.2) is 0 Å². The second-order valence-corrected chi connectivity index (χ2v) is 0.714. The van der Waals surface area contributed by atoms with Gasteiger partial charge in [-0.1, -0.05) is 0 Å². The first-order valence-corrected chi connectivity index (χ1v) is 1.70. The fourth-order valence-corrected chi connectivity index (χ4v) is 0. The van der Waals surface area contributed by atoms with E-state index >= 15 is 0 Å². The van der Waals surface area contributed by atoms with Crippen LogP contribution in [0.4, 0.5) is 0 Å². The van der Waals surface area contributed by atoms with Crippen LogP contribution in [0.5, 0.6) is 0 Å². The Morgan fingerprint density at radius 2 is 1.67 bits per heavy atom. The van der Waals surface area contributed by atoms with Crippen LogP contribution in [-0.4, -0.2) is 4.89 Å². The topological polar surface area (TPSA) is 60.4 Å². The molecule has 0 fully saturated rings. The highest BCUT2D eigenvalue weighted by Gasteiger charge is 1.73. The number of hydrogen-bond acceptors (Lipinski definition) is 2. The van der Waals surface area contributed by atoms with E-state index in [4.69, 9.17) is 14.4 Å². The van der Waals surface area contributed by atoms with Crippen LogP contribution in [0, 0.1) is 0 Å². The molecule has 0 aliphatic heterocycles. The third-order valence-electron chi connectivity index (χ3n) is 0. The first kappa shape index (κ1) is 15.9. The van der Waals surface area contributed by atoms with E-state index in [2.05, 4.69) is 0 Å². The van der Waals surface area contributed by atoms with Crippen molar-refractivity contribution in [1.29, 1.82) is 0 Å². The van der Waals surface area contributed by atoms with Gasteiger partial charge in [-0.3, -0.25) is 0 Å². The molecule has 1 atom stereocenters. The summed E-state index contributed by atoms with van der Waals surface area (Å²) in [6, 6.07) is 0. The molecule has 3 nitrogen and oxygen atoms in total. The summed E-state index contributed by atoms with van der Waals surface area (Å²) in [5.41, 5.74) is 0. The highest BCUT2D eigenvalue weighted by molar-refractivity contribution is 7.37. The summed E-state index contributed by atoms with van der Waals surface area (Å²) < 4.78 is 8.59. The van der Waals surface area contributed by atoms with Crippen molar-refractivity contribution >= 4 is 35.2 Å². The van der Waals surface area contributed by atoms with Crippen molar-refractivity contribution < 1.29 is 15.8 Å². The minimum atomic E-state index is -3.12. The van der Waals surface area contributed by atoms with E-state index in [1.54, 1.807) is 0 Å². The zero-order valence-corrected chi connectivity index (χ0v) is 5.05. The highest BCUT2D eigenvalue weighted by Crippen LogP contribution is 1.89. The molecule has 0 heterocycles. The molecule has 0 saturated carbocycles. The lowest BCUT2D eigenvalue weighted by molar-refractivity contribution is -0.180. The predicted molar refractivity (Wildman–Crippen MR) is 25.7 cm³/mol. The number of rotatable bonds is 0. The zero-order chi connectivity index (χ0) is 3.58. The molecule has 0 radical (unpaired) electrons. The lowest BCUT2D eigenvalue weighted by Crippen LogP contribution is -1.78. The van der Waals surface area contributed by atoms with E-state index < -0.39 is 8.25 Å². The summed E-state index contributed by atoms with van der Waals surface area (Å²) in [4.78, 5) is 15.6. The summed E-state index contributed by atoms with van der Waals surface area (Å²) in [5.74, 6) is 0. The zero-order valence-electron chi connectivity index (χ0n) is 3.53. The molecule has 0 aromatic rings. The van der Waals surface area contributed by atoms with Crippen molar-refractivity contribution in [2.75, 3.05) is 0 Å². The molecule has 0 spiro atoms. The molecule has 0 saturated heterocycles. The molecular weight excluding hydrogens is 143 g/mol. The molecule has 0 aliphatic carbocycles. The van der Waals surface area contributed by atoms with Gasteiger partial charge < -0.3 is 31.9 Å². The van der Waals surface area contributed by atoms with Crippen LogP contribution in [0.2, 0.25) is 0 Å². The molecule has 0 aromatic heterocycles. The molecule has 0 aliphatic rings. The quantitative estimate of drug-likeness (QED) is 0.449. The first-order valence-electron chi connectivity index (χ1n) is 0.565. The molecule has 40 valence electrons. The fourth-order valence-electron chi connectivity index (χ4n) is 0. The standard InChI is InChI=1S/HO3P.2S/c1-4(2)3;;/h(H,1,2,3);;/q;2*-2/p+1. The molecule has 1 N–H and O–H groups in total. The summed E-state index contributed by atoms with van der Waals surface area (Å²) >= 11 is 0. The van der Waals surface area contributed by atoms with E-state index in [1.165, 1.54) is 0 Å². The van der Waals surface area contributed by atoms with Gasteiger partial charge in [-0.2, -0.15) is 4.89 Å². The van der Waals surface area contributed by atoms with Gasteiger partial charge in [0.05, 0.1) is 0 Å². The van der Waals surface area contributed by atoms with Gasteiger partial charge in [-0.25, -0.2) is 0 Å². The van der Waals surface area contributed by atoms with Crippen molar-refractivity contribution in [2.24, 2.45) is 0 Å². The molecular formula is H2O3PS2-3. The van der Waals surface area contributed by atoms with Gasteiger partial charge in [0.25, 0.3) is 0 Å². The lowest BCUT2D eigenvalue weighted by Gasteiger charge is -2.00. The third kappa shape index (κ3) is 126. The maximum Gasteiger partial charge on any atom is 1.00 e. The Morgan fingerprint density at radius 1 is 1.67 bits per heavy atom. The lowest BCUT2D eigenvalue weighted by atomic mass is 15.8. The van der Waals surface area contributed by atoms with Crippen molar-refractivity contribution in [2.45, 2.75) is 0 Å². The molecule has 0 rings (SSSR count). The van der Waals surface area contributed by atoms with Gasteiger partial charge in [-0.05, 0) is 4.57 Å². The van der Waals surface area contributed by atoms with Crippen molar-refractivity contribution in [1.82, 2.24) is 0 Å². The van der Waals surface area contributed by atoms with Crippen molar-refractivity contribution in [3.63, 3.8) is 0 Å². The summed E-state index contributed by atoms with van der Waals surface area (Å²) in [7, 11) is -3.12. The van der Waals surface area contributed by atoms with Crippen molar-refractivity contribution in [3.8, 4) is 0 Å². The average molecular weight is 145 g/mol. The summed E-state index contributed by atoms with van der Waals surface area (Å²) in [6.07, 6.45) is 0. The molecule has 0 amide bonds. The molecule has 6 heteroatoms. The van der Waals surface area contributed by atoms with Crippen LogP contribution >= 0.6 is 8.25 Å². The maximum atomic E-state index is 8.59. The summed E-state index contributed by atoms with van der Waals surface area (Å²) in [5, 5.41) is 0. The Hall–Kier alpha value is 0.720. The van der Waals surface area contributed by atoms with Gasteiger partial charge in [-0.15, -0.1) is 0 Å². The van der Waals surface area contributed by atoms with E-state index in [0.29, 0.717) is 0 Å². The third-order valence-corrected chi connectivity index (χ3v) is 0. The molecule has 0 aromatic carbocycles. The minimum absolute atomic E-state index is 0. The second kappa shape index (κ2) is 9.21. The SMILES string of the molecule is O=[P+]([O-])O.[H+].[S-2].[S-2]. The van der Waals surface area contributed by atoms with Crippen LogP contribution < -0.4 is 4.89 Å². The van der Waals surface area contributed by atoms with Gasteiger partial charge in [0.2, 0.25) is 0 Å².